The molecule has 0 bridgehead atoms. The quantitative estimate of drug-likeness (QED) is 0.788. The number of aryl methyl sites for hydroxylation is 1. The van der Waals surface area contributed by atoms with Gasteiger partial charge in [0.15, 0.2) is 0 Å². The molecule has 1 aromatic rings. The lowest BCUT2D eigenvalue weighted by Gasteiger charge is -2.37. The van der Waals surface area contributed by atoms with E-state index < -0.39 is 5.60 Å². The zero-order valence-corrected chi connectivity index (χ0v) is 12.9. The summed E-state index contributed by atoms with van der Waals surface area (Å²) >= 11 is 0. The second kappa shape index (κ2) is 6.26. The lowest BCUT2D eigenvalue weighted by Crippen LogP contribution is -2.50. The number of nitrogens with one attached hydrogen (secondary N) is 1. The number of fused-ring (bicyclic) bond motifs is 1. The Morgan fingerprint density at radius 1 is 1.36 bits per heavy atom. The van der Waals surface area contributed by atoms with Gasteiger partial charge in [0, 0.05) is 25.7 Å². The highest BCUT2D eigenvalue weighted by Gasteiger charge is 2.34. The average molecular weight is 303 g/mol. The van der Waals surface area contributed by atoms with E-state index in [0.29, 0.717) is 25.7 Å². The fourth-order valence-corrected chi connectivity index (χ4v) is 3.70. The van der Waals surface area contributed by atoms with E-state index in [1.165, 1.54) is 5.56 Å². The summed E-state index contributed by atoms with van der Waals surface area (Å²) in [6, 6.07) is 8.21. The van der Waals surface area contributed by atoms with Crippen molar-refractivity contribution in [3.05, 3.63) is 35.4 Å². The summed E-state index contributed by atoms with van der Waals surface area (Å²) in [5.74, 6) is 0. The molecular weight excluding hydrogens is 278 g/mol. The number of urea groups is 1. The van der Waals surface area contributed by atoms with Gasteiger partial charge >= 0.3 is 6.03 Å². The molecule has 2 amide bonds. The molecule has 1 unspecified atom stereocenters. The molecule has 0 spiro atoms. The first-order chi connectivity index (χ1) is 10.6. The molecular formula is C17H25N3O2. The maximum atomic E-state index is 11.1. The summed E-state index contributed by atoms with van der Waals surface area (Å²) in [4.78, 5) is 12.8. The lowest BCUT2D eigenvalue weighted by atomic mass is 9.79. The second-order valence-electron chi connectivity index (χ2n) is 6.52. The van der Waals surface area contributed by atoms with E-state index >= 15 is 0 Å². The van der Waals surface area contributed by atoms with Crippen LogP contribution in [0.15, 0.2) is 24.3 Å². The summed E-state index contributed by atoms with van der Waals surface area (Å²) in [7, 11) is 0. The third kappa shape index (κ3) is 3.10. The van der Waals surface area contributed by atoms with Gasteiger partial charge in [-0.05, 0) is 43.2 Å². The van der Waals surface area contributed by atoms with Gasteiger partial charge in [0.25, 0.3) is 0 Å². The maximum absolute atomic E-state index is 11.1. The molecule has 5 nitrogen and oxygen atoms in total. The number of aliphatic hydroxyl groups is 1. The van der Waals surface area contributed by atoms with E-state index in [-0.39, 0.29) is 6.03 Å². The van der Waals surface area contributed by atoms with Crippen molar-refractivity contribution in [3.8, 4) is 0 Å². The van der Waals surface area contributed by atoms with E-state index in [4.69, 9.17) is 5.73 Å². The number of carbonyl (C=O) groups excluding carboxylic acids is 1. The highest BCUT2D eigenvalue weighted by molar-refractivity contribution is 5.72. The third-order valence-electron chi connectivity index (χ3n) is 5.05. The average Bonchev–Trinajstić information content (AvgIpc) is 2.54. The molecule has 4 N–H and O–H groups in total. The molecule has 1 fully saturated rings. The van der Waals surface area contributed by atoms with Crippen LogP contribution in [0.1, 0.15) is 36.8 Å². The van der Waals surface area contributed by atoms with Crippen LogP contribution in [0.25, 0.3) is 0 Å². The van der Waals surface area contributed by atoms with E-state index in [2.05, 4.69) is 11.4 Å². The minimum absolute atomic E-state index is 0.335. The van der Waals surface area contributed by atoms with Crippen molar-refractivity contribution < 1.29 is 9.90 Å². The van der Waals surface area contributed by atoms with Gasteiger partial charge in [0.1, 0.15) is 5.60 Å². The van der Waals surface area contributed by atoms with Crippen molar-refractivity contribution in [2.75, 3.05) is 19.6 Å². The van der Waals surface area contributed by atoms with Crippen LogP contribution in [0.5, 0.6) is 0 Å². The number of rotatable bonds is 3. The Bertz CT molecular complexity index is 540. The van der Waals surface area contributed by atoms with Gasteiger partial charge in [-0.3, -0.25) is 0 Å². The van der Waals surface area contributed by atoms with Crippen LogP contribution in [0.4, 0.5) is 4.79 Å². The van der Waals surface area contributed by atoms with Crippen LogP contribution in [0.2, 0.25) is 0 Å². The predicted molar refractivity (Wildman–Crippen MR) is 85.5 cm³/mol. The van der Waals surface area contributed by atoms with E-state index in [0.717, 1.165) is 37.7 Å². The van der Waals surface area contributed by atoms with E-state index in [9.17, 15) is 9.90 Å². The number of likely N-dealkylation sites (tertiary alicyclic amines) is 1. The van der Waals surface area contributed by atoms with Crippen molar-refractivity contribution >= 4 is 6.03 Å². The van der Waals surface area contributed by atoms with Crippen LogP contribution in [-0.4, -0.2) is 41.7 Å². The standard InChI is InChI=1S/C17H25N3O2/c18-16(21)20-10-7-14(8-11-20)19-12-17(22)9-3-5-13-4-1-2-6-15(13)17/h1-2,4,6,14,19,22H,3,5,7-12H2,(H2,18,21). The smallest absolute Gasteiger partial charge is 0.314 e. The van der Waals surface area contributed by atoms with E-state index in [1.54, 1.807) is 4.90 Å². The van der Waals surface area contributed by atoms with Crippen LogP contribution in [-0.2, 0) is 12.0 Å². The Balaban J connectivity index is 1.59. The molecule has 1 aromatic carbocycles. The Kier molecular flexibility index (Phi) is 4.36. The largest absolute Gasteiger partial charge is 0.384 e. The number of primary amides is 1. The minimum Gasteiger partial charge on any atom is -0.384 e. The summed E-state index contributed by atoms with van der Waals surface area (Å²) in [5, 5.41) is 14.6. The zero-order chi connectivity index (χ0) is 15.6. The van der Waals surface area contributed by atoms with Crippen molar-refractivity contribution in [2.24, 2.45) is 5.73 Å². The van der Waals surface area contributed by atoms with Crippen LogP contribution in [0.3, 0.4) is 0 Å². The number of hydrogen-bond acceptors (Lipinski definition) is 3. The Morgan fingerprint density at radius 2 is 2.09 bits per heavy atom. The normalized spacial score (nSPS) is 25.8. The summed E-state index contributed by atoms with van der Waals surface area (Å²) in [6.07, 6.45) is 4.66. The summed E-state index contributed by atoms with van der Waals surface area (Å²) < 4.78 is 0. The molecule has 0 radical (unpaired) electrons. The SMILES string of the molecule is NC(=O)N1CCC(NCC2(O)CCCc3ccccc32)CC1. The molecule has 2 aliphatic rings. The van der Waals surface area contributed by atoms with Crippen LogP contribution < -0.4 is 11.1 Å². The van der Waals surface area contributed by atoms with Gasteiger partial charge < -0.3 is 21.1 Å². The first kappa shape index (κ1) is 15.3. The third-order valence-corrected chi connectivity index (χ3v) is 5.05. The fourth-order valence-electron chi connectivity index (χ4n) is 3.70. The fraction of sp³-hybridized carbons (Fsp3) is 0.588. The maximum Gasteiger partial charge on any atom is 0.314 e. The van der Waals surface area contributed by atoms with Gasteiger partial charge in [-0.25, -0.2) is 4.79 Å². The van der Waals surface area contributed by atoms with Crippen molar-refractivity contribution in [2.45, 2.75) is 43.7 Å². The van der Waals surface area contributed by atoms with Gasteiger partial charge in [-0.2, -0.15) is 0 Å². The number of nitrogens with two attached hydrogens (primary N) is 1. The molecule has 3 rings (SSSR count). The molecule has 1 aliphatic heterocycles. The van der Waals surface area contributed by atoms with Crippen LogP contribution in [0, 0.1) is 0 Å². The first-order valence-electron chi connectivity index (χ1n) is 8.17. The number of benzene rings is 1. The lowest BCUT2D eigenvalue weighted by molar-refractivity contribution is 0.0147. The van der Waals surface area contributed by atoms with E-state index in [1.807, 2.05) is 18.2 Å². The molecule has 22 heavy (non-hydrogen) atoms. The molecule has 1 atom stereocenters. The van der Waals surface area contributed by atoms with Crippen molar-refractivity contribution in [1.82, 2.24) is 10.2 Å². The summed E-state index contributed by atoms with van der Waals surface area (Å²) in [6.45, 7) is 1.97. The summed E-state index contributed by atoms with van der Waals surface area (Å²) in [5.41, 5.74) is 6.87. The van der Waals surface area contributed by atoms with Gasteiger partial charge in [0.2, 0.25) is 0 Å². The molecule has 0 saturated carbocycles. The highest BCUT2D eigenvalue weighted by Crippen LogP contribution is 2.34. The topological polar surface area (TPSA) is 78.6 Å². The van der Waals surface area contributed by atoms with Gasteiger partial charge in [0.05, 0.1) is 0 Å². The first-order valence-corrected chi connectivity index (χ1v) is 8.17. The van der Waals surface area contributed by atoms with Gasteiger partial charge in [-0.15, -0.1) is 0 Å². The molecule has 1 heterocycles. The second-order valence-corrected chi connectivity index (χ2v) is 6.52. The molecule has 1 aliphatic carbocycles. The predicted octanol–water partition coefficient (Wildman–Crippen LogP) is 1.34. The molecule has 0 aromatic heterocycles. The highest BCUT2D eigenvalue weighted by atomic mass is 16.3. The Labute approximate surface area is 131 Å². The number of carbonyl (C=O) groups is 1. The van der Waals surface area contributed by atoms with Crippen molar-refractivity contribution in [3.63, 3.8) is 0 Å². The Hall–Kier alpha value is -1.59. The zero-order valence-electron chi connectivity index (χ0n) is 12.9. The number of amides is 2. The molecule has 1 saturated heterocycles. The van der Waals surface area contributed by atoms with Crippen LogP contribution >= 0.6 is 0 Å². The molecule has 5 heteroatoms. The number of nitrogens with zero attached hydrogens (tertiary/aromatic N) is 1. The Morgan fingerprint density at radius 3 is 2.82 bits per heavy atom. The van der Waals surface area contributed by atoms with Crippen molar-refractivity contribution in [1.29, 1.82) is 0 Å². The number of piperidine rings is 1. The van der Waals surface area contributed by atoms with Gasteiger partial charge in [-0.1, -0.05) is 24.3 Å². The monoisotopic (exact) mass is 303 g/mol. The molecule has 120 valence electrons. The minimum atomic E-state index is -0.768. The number of hydrogen-bond donors (Lipinski definition) is 3.